The molecule has 2 N–H and O–H groups in total. The molecule has 0 aromatic heterocycles. The second-order valence-electron chi connectivity index (χ2n) is 7.61. The summed E-state index contributed by atoms with van der Waals surface area (Å²) in [5.41, 5.74) is -2.69. The lowest BCUT2D eigenvalue weighted by Crippen LogP contribution is -2.74. The number of anilines is 1. The summed E-state index contributed by atoms with van der Waals surface area (Å²) in [5, 5.41) is 10.9. The molecule has 3 fully saturated rings. The van der Waals surface area contributed by atoms with Gasteiger partial charge in [0, 0.05) is 5.54 Å². The fraction of sp³-hybridized carbons (Fsp3) is 0.529. The lowest BCUT2D eigenvalue weighted by atomic mass is 9.40. The molecular weight excluding hydrogens is 383 g/mol. The van der Waals surface area contributed by atoms with Crippen molar-refractivity contribution in [1.29, 1.82) is 5.26 Å². The number of nitrogens with zero attached hydrogens (tertiary/aromatic N) is 1. The molecule has 0 saturated heterocycles. The van der Waals surface area contributed by atoms with Crippen molar-refractivity contribution in [1.82, 2.24) is 5.32 Å². The molecule has 0 unspecified atom stereocenters. The van der Waals surface area contributed by atoms with Gasteiger partial charge < -0.3 is 5.32 Å². The molecule has 146 valence electrons. The summed E-state index contributed by atoms with van der Waals surface area (Å²) in [5.74, 6) is -0.797. The van der Waals surface area contributed by atoms with Crippen molar-refractivity contribution in [2.75, 3.05) is 4.72 Å². The predicted molar refractivity (Wildman–Crippen MR) is 91.2 cm³/mol. The van der Waals surface area contributed by atoms with E-state index in [0.29, 0.717) is 25.3 Å². The number of hydrogen-bond acceptors (Lipinski definition) is 4. The van der Waals surface area contributed by atoms with E-state index in [1.54, 1.807) is 0 Å². The van der Waals surface area contributed by atoms with Crippen LogP contribution in [0.5, 0.6) is 0 Å². The van der Waals surface area contributed by atoms with Crippen molar-refractivity contribution in [2.24, 2.45) is 5.41 Å². The maximum Gasteiger partial charge on any atom is 0.416 e. The molecule has 3 saturated carbocycles. The van der Waals surface area contributed by atoms with E-state index in [9.17, 15) is 26.4 Å². The summed E-state index contributed by atoms with van der Waals surface area (Å²) in [6.07, 6.45) is -3.32. The first-order valence-corrected chi connectivity index (χ1v) is 9.83. The average Bonchev–Trinajstić information content (AvgIpc) is 2.47. The van der Waals surface area contributed by atoms with E-state index in [0.717, 1.165) is 12.1 Å². The maximum absolute atomic E-state index is 13.0. The second-order valence-corrected chi connectivity index (χ2v) is 9.85. The molecule has 27 heavy (non-hydrogen) atoms. The third-order valence-electron chi connectivity index (χ3n) is 5.11. The van der Waals surface area contributed by atoms with Crippen LogP contribution in [0.25, 0.3) is 0 Å². The molecule has 10 heteroatoms. The first-order valence-electron chi connectivity index (χ1n) is 8.28. The molecule has 0 spiro atoms. The monoisotopic (exact) mass is 401 g/mol. The largest absolute Gasteiger partial charge is 0.416 e. The van der Waals surface area contributed by atoms with Gasteiger partial charge in [-0.25, -0.2) is 8.42 Å². The zero-order chi connectivity index (χ0) is 20.3. The van der Waals surface area contributed by atoms with Crippen LogP contribution in [-0.4, -0.2) is 25.1 Å². The summed E-state index contributed by atoms with van der Waals surface area (Å²) in [4.78, 5) is 12.6. The van der Waals surface area contributed by atoms with Crippen molar-refractivity contribution < 1.29 is 26.4 Å². The van der Waals surface area contributed by atoms with Gasteiger partial charge in [-0.2, -0.15) is 18.4 Å². The van der Waals surface area contributed by atoms with Gasteiger partial charge >= 0.3 is 6.18 Å². The fourth-order valence-corrected chi connectivity index (χ4v) is 4.34. The SMILES string of the molecule is CC(C)S(=O)(=O)Nc1ccc(C(F)(F)F)cc1C(=O)NC12CC(C#N)(C1)C2. The number of sulfonamides is 1. The third-order valence-corrected chi connectivity index (χ3v) is 6.86. The zero-order valence-corrected chi connectivity index (χ0v) is 15.5. The summed E-state index contributed by atoms with van der Waals surface area (Å²) < 4.78 is 65.5. The Morgan fingerprint density at radius 1 is 1.26 bits per heavy atom. The second kappa shape index (κ2) is 5.86. The van der Waals surface area contributed by atoms with Gasteiger partial charge in [-0.05, 0) is 51.3 Å². The number of nitriles is 1. The van der Waals surface area contributed by atoms with E-state index in [2.05, 4.69) is 16.1 Å². The van der Waals surface area contributed by atoms with Gasteiger partial charge in [-0.3, -0.25) is 9.52 Å². The minimum Gasteiger partial charge on any atom is -0.346 e. The number of halogens is 3. The molecule has 6 nitrogen and oxygen atoms in total. The summed E-state index contributed by atoms with van der Waals surface area (Å²) in [6.45, 7) is 2.82. The summed E-state index contributed by atoms with van der Waals surface area (Å²) in [6, 6.07) is 4.48. The van der Waals surface area contributed by atoms with Crippen molar-refractivity contribution in [3.63, 3.8) is 0 Å². The summed E-state index contributed by atoms with van der Waals surface area (Å²) >= 11 is 0. The number of rotatable bonds is 5. The summed E-state index contributed by atoms with van der Waals surface area (Å²) in [7, 11) is -3.85. The van der Waals surface area contributed by atoms with Crippen molar-refractivity contribution in [3.05, 3.63) is 29.3 Å². The third kappa shape index (κ3) is 3.36. The van der Waals surface area contributed by atoms with E-state index < -0.39 is 49.4 Å². The minimum atomic E-state index is -4.67. The van der Waals surface area contributed by atoms with Gasteiger partial charge in [-0.1, -0.05) is 0 Å². The van der Waals surface area contributed by atoms with Gasteiger partial charge in [0.25, 0.3) is 5.91 Å². The molecule has 3 aliphatic carbocycles. The molecule has 0 aliphatic heterocycles. The molecule has 3 aliphatic rings. The average molecular weight is 401 g/mol. The van der Waals surface area contributed by atoms with Crippen LogP contribution >= 0.6 is 0 Å². The minimum absolute atomic E-state index is 0.212. The Bertz CT molecular complexity index is 929. The van der Waals surface area contributed by atoms with Gasteiger partial charge in [0.15, 0.2) is 0 Å². The molecule has 0 heterocycles. The molecule has 2 bridgehead atoms. The van der Waals surface area contributed by atoms with Crippen molar-refractivity contribution >= 4 is 21.6 Å². The molecular formula is C17H18F3N3O3S. The molecule has 0 radical (unpaired) electrons. The van der Waals surface area contributed by atoms with Gasteiger partial charge in [0.1, 0.15) is 0 Å². The normalized spacial score (nSPS) is 26.6. The van der Waals surface area contributed by atoms with Crippen LogP contribution in [0, 0.1) is 16.7 Å². The smallest absolute Gasteiger partial charge is 0.346 e. The Labute approximate surface area is 154 Å². The van der Waals surface area contributed by atoms with Gasteiger partial charge in [0.05, 0.1) is 33.5 Å². The predicted octanol–water partition coefficient (Wildman–Crippen LogP) is 3.03. The number of benzene rings is 1. The molecule has 1 amide bonds. The van der Waals surface area contributed by atoms with E-state index in [1.807, 2.05) is 0 Å². The van der Waals surface area contributed by atoms with E-state index >= 15 is 0 Å². The number of nitrogens with one attached hydrogen (secondary N) is 2. The first-order chi connectivity index (χ1) is 12.3. The number of carbonyl (C=O) groups excluding carboxylic acids is 1. The number of carbonyl (C=O) groups is 1. The standard InChI is InChI=1S/C17H18F3N3O3S/c1-10(2)27(25,26)23-13-4-3-11(17(18,19)20)5-12(13)14(24)22-16-6-15(7-16,8-16)9-21/h3-5,10,23H,6-8H2,1-2H3,(H,22,24). The van der Waals surface area contributed by atoms with Crippen LogP contribution in [0.4, 0.5) is 18.9 Å². The van der Waals surface area contributed by atoms with Crippen molar-refractivity contribution in [2.45, 2.75) is 50.1 Å². The highest BCUT2D eigenvalue weighted by Gasteiger charge is 2.69. The van der Waals surface area contributed by atoms with Crippen molar-refractivity contribution in [3.8, 4) is 6.07 Å². The molecule has 1 aromatic rings. The molecule has 1 aromatic carbocycles. The number of amides is 1. The van der Waals surface area contributed by atoms with E-state index in [4.69, 9.17) is 5.26 Å². The molecule has 4 rings (SSSR count). The van der Waals surface area contributed by atoms with E-state index in [1.165, 1.54) is 13.8 Å². The Morgan fingerprint density at radius 3 is 2.33 bits per heavy atom. The topological polar surface area (TPSA) is 99.1 Å². The van der Waals surface area contributed by atoms with Crippen LogP contribution in [0.3, 0.4) is 0 Å². The van der Waals surface area contributed by atoms with Crippen LogP contribution in [0.1, 0.15) is 49.0 Å². The number of alkyl halides is 3. The van der Waals surface area contributed by atoms with Gasteiger partial charge in [-0.15, -0.1) is 0 Å². The maximum atomic E-state index is 13.0. The lowest BCUT2D eigenvalue weighted by Gasteiger charge is -2.66. The highest BCUT2D eigenvalue weighted by molar-refractivity contribution is 7.93. The Kier molecular flexibility index (Phi) is 4.23. The van der Waals surface area contributed by atoms with Gasteiger partial charge in [0.2, 0.25) is 10.0 Å². The van der Waals surface area contributed by atoms with Crippen LogP contribution in [0.2, 0.25) is 0 Å². The van der Waals surface area contributed by atoms with Crippen LogP contribution in [-0.2, 0) is 16.2 Å². The zero-order valence-electron chi connectivity index (χ0n) is 14.6. The highest BCUT2D eigenvalue weighted by atomic mass is 32.2. The quantitative estimate of drug-likeness (QED) is 0.792. The van der Waals surface area contributed by atoms with E-state index in [-0.39, 0.29) is 5.69 Å². The first kappa shape index (κ1) is 19.5. The Hall–Kier alpha value is -2.28. The Morgan fingerprint density at radius 2 is 1.85 bits per heavy atom. The highest BCUT2D eigenvalue weighted by Crippen LogP contribution is 2.66. The lowest BCUT2D eigenvalue weighted by molar-refractivity contribution is -0.137. The van der Waals surface area contributed by atoms with Crippen LogP contribution in [0.15, 0.2) is 18.2 Å². The van der Waals surface area contributed by atoms with Crippen LogP contribution < -0.4 is 10.0 Å². The number of hydrogen-bond donors (Lipinski definition) is 2. The Balaban J connectivity index is 1.91. The molecule has 0 atom stereocenters. The fourth-order valence-electron chi connectivity index (χ4n) is 3.62.